The van der Waals surface area contributed by atoms with Crippen LogP contribution in [0.1, 0.15) is 13.8 Å². The first-order valence-corrected chi connectivity index (χ1v) is 7.43. The highest BCUT2D eigenvalue weighted by Crippen LogP contribution is 2.27. The molecule has 0 aliphatic carbocycles. The summed E-state index contributed by atoms with van der Waals surface area (Å²) in [6, 6.07) is 0. The van der Waals surface area contributed by atoms with Crippen molar-refractivity contribution in [1.82, 2.24) is 4.90 Å². The lowest BCUT2D eigenvalue weighted by atomic mass is 10.3. The van der Waals surface area contributed by atoms with Crippen LogP contribution in [-0.4, -0.2) is 49.0 Å². The highest BCUT2D eigenvalue weighted by molar-refractivity contribution is 7.99. The van der Waals surface area contributed by atoms with Crippen LogP contribution in [0.25, 0.3) is 0 Å². The second-order valence-electron chi connectivity index (χ2n) is 3.79. The van der Waals surface area contributed by atoms with Crippen LogP contribution in [0.2, 0.25) is 0 Å². The summed E-state index contributed by atoms with van der Waals surface area (Å²) >= 11 is 1.76. The van der Waals surface area contributed by atoms with Gasteiger partial charge in [-0.25, -0.2) is 8.42 Å². The third-order valence-corrected chi connectivity index (χ3v) is 5.47. The minimum Gasteiger partial charge on any atom is -0.287 e. The van der Waals surface area contributed by atoms with Gasteiger partial charge in [0.25, 0.3) is 0 Å². The number of hydrogen-bond acceptors (Lipinski definition) is 4. The van der Waals surface area contributed by atoms with E-state index in [2.05, 4.69) is 25.0 Å². The lowest BCUT2D eigenvalue weighted by molar-refractivity contribution is 0.213. The van der Waals surface area contributed by atoms with E-state index in [-0.39, 0.29) is 4.87 Å². The van der Waals surface area contributed by atoms with Crippen LogP contribution < -0.4 is 0 Å². The normalized spacial score (nSPS) is 24.5. The first kappa shape index (κ1) is 11.3. The average molecular weight is 223 g/mol. The molecule has 1 saturated heterocycles. The van der Waals surface area contributed by atoms with Crippen LogP contribution in [0.15, 0.2) is 0 Å². The fraction of sp³-hybridized carbons (Fsp3) is 1.00. The second kappa shape index (κ2) is 3.79. The molecular formula is C8H17NO2S2. The molecule has 0 atom stereocenters. The minimum absolute atomic E-state index is 0.0654. The van der Waals surface area contributed by atoms with E-state index in [4.69, 9.17) is 0 Å². The van der Waals surface area contributed by atoms with Crippen LogP contribution in [0.5, 0.6) is 0 Å². The molecule has 1 fully saturated rings. The van der Waals surface area contributed by atoms with Crippen LogP contribution in [0, 0.1) is 0 Å². The molecule has 78 valence electrons. The summed E-state index contributed by atoms with van der Waals surface area (Å²) in [5.74, 6) is 0.633. The summed E-state index contributed by atoms with van der Waals surface area (Å²) < 4.78 is 22.4. The topological polar surface area (TPSA) is 37.4 Å². The molecule has 1 heterocycles. The Bertz CT molecular complexity index is 258. The predicted molar refractivity (Wildman–Crippen MR) is 57.8 cm³/mol. The summed E-state index contributed by atoms with van der Waals surface area (Å²) in [5.41, 5.74) is 0. The first-order valence-electron chi connectivity index (χ1n) is 4.38. The monoisotopic (exact) mass is 223 g/mol. The lowest BCUT2D eigenvalue weighted by Crippen LogP contribution is -2.49. The average Bonchev–Trinajstić information content (AvgIpc) is 2.04. The quantitative estimate of drug-likeness (QED) is 0.694. The van der Waals surface area contributed by atoms with E-state index >= 15 is 0 Å². The zero-order chi connectivity index (χ0) is 10.1. The predicted octanol–water partition coefficient (Wildman–Crippen LogP) is 0.816. The maximum absolute atomic E-state index is 11.2. The lowest BCUT2D eigenvalue weighted by Gasteiger charge is -2.39. The maximum Gasteiger partial charge on any atom is 0.152 e. The van der Waals surface area contributed by atoms with Crippen molar-refractivity contribution in [2.45, 2.75) is 18.7 Å². The highest BCUT2D eigenvalue weighted by atomic mass is 32.2. The summed E-state index contributed by atoms with van der Waals surface area (Å²) in [5, 5.41) is 0. The molecule has 0 N–H and O–H groups in total. The Hall–Kier alpha value is 0.260. The van der Waals surface area contributed by atoms with E-state index in [1.54, 1.807) is 11.8 Å². The molecule has 0 bridgehead atoms. The fourth-order valence-electron chi connectivity index (χ4n) is 1.38. The van der Waals surface area contributed by atoms with Gasteiger partial charge in [0.2, 0.25) is 0 Å². The largest absolute Gasteiger partial charge is 0.287 e. The molecule has 0 aromatic carbocycles. The minimum atomic E-state index is -2.74. The van der Waals surface area contributed by atoms with Crippen molar-refractivity contribution in [2.75, 3.05) is 30.9 Å². The fourth-order valence-corrected chi connectivity index (χ4v) is 3.02. The summed E-state index contributed by atoms with van der Waals surface area (Å²) in [6.07, 6.45) is 2.06. The first-order chi connectivity index (χ1) is 5.87. The molecule has 1 aliphatic heterocycles. The van der Waals surface area contributed by atoms with Crippen LogP contribution in [0.3, 0.4) is 0 Å². The summed E-state index contributed by atoms with van der Waals surface area (Å²) in [7, 11) is -2.74. The molecule has 0 aromatic rings. The number of thioether (sulfide) groups is 1. The Kier molecular flexibility index (Phi) is 3.30. The van der Waals surface area contributed by atoms with Gasteiger partial charge in [-0.3, -0.25) is 4.90 Å². The number of sulfone groups is 1. The van der Waals surface area contributed by atoms with E-state index < -0.39 is 9.84 Å². The third-order valence-electron chi connectivity index (χ3n) is 2.61. The van der Waals surface area contributed by atoms with E-state index in [0.29, 0.717) is 24.6 Å². The zero-order valence-electron chi connectivity index (χ0n) is 8.41. The Balaban J connectivity index is 2.60. The highest BCUT2D eigenvalue weighted by Gasteiger charge is 2.31. The molecule has 0 radical (unpaired) electrons. The standard InChI is InChI=1S/C8H17NO2S2/c1-8(2,12-3)9-4-6-13(10,11)7-5-9/h4-7H2,1-3H3. The van der Waals surface area contributed by atoms with Crippen LogP contribution in [0.4, 0.5) is 0 Å². The van der Waals surface area contributed by atoms with Crippen molar-refractivity contribution in [1.29, 1.82) is 0 Å². The van der Waals surface area contributed by atoms with Gasteiger partial charge in [0.05, 0.1) is 16.4 Å². The van der Waals surface area contributed by atoms with Crippen molar-refractivity contribution in [2.24, 2.45) is 0 Å². The van der Waals surface area contributed by atoms with Gasteiger partial charge < -0.3 is 0 Å². The van der Waals surface area contributed by atoms with Crippen LogP contribution in [-0.2, 0) is 9.84 Å². The molecule has 0 amide bonds. The van der Waals surface area contributed by atoms with Gasteiger partial charge in [-0.05, 0) is 20.1 Å². The van der Waals surface area contributed by atoms with Crippen molar-refractivity contribution in [3.63, 3.8) is 0 Å². The zero-order valence-corrected chi connectivity index (χ0v) is 10.0. The Morgan fingerprint density at radius 3 is 2.08 bits per heavy atom. The maximum atomic E-state index is 11.2. The molecule has 3 nitrogen and oxygen atoms in total. The van der Waals surface area contributed by atoms with Gasteiger partial charge in [-0.15, -0.1) is 11.8 Å². The molecule has 0 saturated carbocycles. The molecule has 0 aromatic heterocycles. The van der Waals surface area contributed by atoms with Crippen LogP contribution >= 0.6 is 11.8 Å². The van der Waals surface area contributed by atoms with Gasteiger partial charge >= 0.3 is 0 Å². The SMILES string of the molecule is CSC(C)(C)N1CCS(=O)(=O)CC1. The summed E-state index contributed by atoms with van der Waals surface area (Å²) in [4.78, 5) is 2.30. The van der Waals surface area contributed by atoms with E-state index in [0.717, 1.165) is 0 Å². The van der Waals surface area contributed by atoms with Crippen molar-refractivity contribution < 1.29 is 8.42 Å². The second-order valence-corrected chi connectivity index (χ2v) is 7.50. The van der Waals surface area contributed by atoms with E-state index in [1.165, 1.54) is 0 Å². The number of rotatable bonds is 2. The smallest absolute Gasteiger partial charge is 0.152 e. The summed E-state index contributed by atoms with van der Waals surface area (Å²) in [6.45, 7) is 5.62. The van der Waals surface area contributed by atoms with Gasteiger partial charge in [0.1, 0.15) is 0 Å². The number of nitrogens with zero attached hydrogens (tertiary/aromatic N) is 1. The number of hydrogen-bond donors (Lipinski definition) is 0. The molecule has 1 rings (SSSR count). The molecule has 13 heavy (non-hydrogen) atoms. The Morgan fingerprint density at radius 1 is 1.23 bits per heavy atom. The van der Waals surface area contributed by atoms with Crippen molar-refractivity contribution in [3.05, 3.63) is 0 Å². The van der Waals surface area contributed by atoms with E-state index in [9.17, 15) is 8.42 Å². The molecule has 0 spiro atoms. The Labute approximate surface area is 84.8 Å². The van der Waals surface area contributed by atoms with Gasteiger partial charge in [0, 0.05) is 13.1 Å². The van der Waals surface area contributed by atoms with E-state index in [1.807, 2.05) is 0 Å². The molecule has 1 aliphatic rings. The third kappa shape index (κ3) is 2.86. The van der Waals surface area contributed by atoms with Gasteiger partial charge in [-0.2, -0.15) is 0 Å². The Morgan fingerprint density at radius 2 is 1.69 bits per heavy atom. The van der Waals surface area contributed by atoms with Gasteiger partial charge in [-0.1, -0.05) is 0 Å². The van der Waals surface area contributed by atoms with Crippen molar-refractivity contribution in [3.8, 4) is 0 Å². The molecule has 0 unspecified atom stereocenters. The van der Waals surface area contributed by atoms with Gasteiger partial charge in [0.15, 0.2) is 9.84 Å². The molecule has 5 heteroatoms. The van der Waals surface area contributed by atoms with Crippen molar-refractivity contribution >= 4 is 21.6 Å². The molecular weight excluding hydrogens is 206 g/mol.